The number of benzene rings is 3. The van der Waals surface area contributed by atoms with Gasteiger partial charge in [0.25, 0.3) is 17.5 Å². The zero-order valence-electron chi connectivity index (χ0n) is 18.4. The number of fused-ring (bicyclic) bond motifs is 1. The Morgan fingerprint density at radius 3 is 2.32 bits per heavy atom. The fourth-order valence-electron chi connectivity index (χ4n) is 4.44. The Morgan fingerprint density at radius 1 is 0.941 bits per heavy atom. The summed E-state index contributed by atoms with van der Waals surface area (Å²) in [4.78, 5) is 41.1. The van der Waals surface area contributed by atoms with Crippen LogP contribution in [-0.2, 0) is 16.0 Å². The molecule has 8 heteroatoms. The molecule has 0 aliphatic carbocycles. The summed E-state index contributed by atoms with van der Waals surface area (Å²) in [5, 5.41) is 11.1. The number of nitro groups is 1. The Bertz CT molecular complexity index is 1330. The number of para-hydroxylation sites is 1. The molecule has 0 unspecified atom stereocenters. The van der Waals surface area contributed by atoms with Crippen molar-refractivity contribution >= 4 is 34.4 Å². The molecule has 0 saturated heterocycles. The minimum Gasteiger partial charge on any atom is -0.494 e. The lowest BCUT2D eigenvalue weighted by atomic mass is 10.0. The van der Waals surface area contributed by atoms with E-state index < -0.39 is 16.7 Å². The Morgan fingerprint density at radius 2 is 1.65 bits per heavy atom. The number of carbonyl (C=O) groups excluding carboxylic acids is 2. The van der Waals surface area contributed by atoms with Crippen molar-refractivity contribution in [3.8, 4) is 5.75 Å². The zero-order valence-corrected chi connectivity index (χ0v) is 18.4. The second-order valence-corrected chi connectivity index (χ2v) is 7.93. The first kappa shape index (κ1) is 21.4. The van der Waals surface area contributed by atoms with Crippen molar-refractivity contribution in [2.75, 3.05) is 23.0 Å². The lowest BCUT2D eigenvalue weighted by Crippen LogP contribution is -2.34. The fraction of sp³-hybridized carbons (Fsp3) is 0.154. The van der Waals surface area contributed by atoms with Crippen LogP contribution >= 0.6 is 0 Å². The molecule has 2 amide bonds. The molecule has 0 radical (unpaired) electrons. The number of carbonyl (C=O) groups is 2. The van der Waals surface area contributed by atoms with Crippen LogP contribution in [0.3, 0.4) is 0 Å². The van der Waals surface area contributed by atoms with E-state index in [1.807, 2.05) is 36.1 Å². The maximum Gasteiger partial charge on any atom is 0.282 e. The molecule has 2 aliphatic heterocycles. The lowest BCUT2D eigenvalue weighted by molar-refractivity contribution is -0.384. The standard InChI is InChI=1S/C26H21N3O5/c1-2-34-21-13-11-19(12-14-21)28-25(30)23(18-7-9-20(10-8-18)29(32)33)24(26(28)31)27-16-15-17-5-3-4-6-22(17)27/h3-14H,2,15-16H2,1H3. The molecule has 0 N–H and O–H groups in total. The number of imide groups is 1. The van der Waals surface area contributed by atoms with Crippen LogP contribution in [0.2, 0.25) is 0 Å². The number of nitro benzene ring substituents is 1. The molecule has 0 spiro atoms. The predicted molar refractivity (Wildman–Crippen MR) is 128 cm³/mol. The summed E-state index contributed by atoms with van der Waals surface area (Å²) in [6, 6.07) is 20.3. The van der Waals surface area contributed by atoms with Crippen LogP contribution in [0, 0.1) is 10.1 Å². The number of anilines is 2. The molecule has 0 bridgehead atoms. The van der Waals surface area contributed by atoms with Crippen LogP contribution < -0.4 is 14.5 Å². The molecule has 3 aromatic rings. The van der Waals surface area contributed by atoms with E-state index in [0.717, 1.165) is 22.6 Å². The quantitative estimate of drug-likeness (QED) is 0.312. The van der Waals surface area contributed by atoms with Gasteiger partial charge in [-0.1, -0.05) is 18.2 Å². The third-order valence-corrected chi connectivity index (χ3v) is 5.99. The minimum atomic E-state index is -0.496. The molecule has 0 aromatic heterocycles. The normalized spacial score (nSPS) is 15.2. The van der Waals surface area contributed by atoms with Crippen LogP contribution in [0.4, 0.5) is 17.1 Å². The van der Waals surface area contributed by atoms with Crippen LogP contribution in [0.15, 0.2) is 78.5 Å². The lowest BCUT2D eigenvalue weighted by Gasteiger charge is -2.22. The van der Waals surface area contributed by atoms with Crippen molar-refractivity contribution in [1.82, 2.24) is 0 Å². The summed E-state index contributed by atoms with van der Waals surface area (Å²) in [6.07, 6.45) is 0.748. The first-order valence-electron chi connectivity index (χ1n) is 11.0. The molecular weight excluding hydrogens is 434 g/mol. The highest BCUT2D eigenvalue weighted by molar-refractivity contribution is 6.46. The smallest absolute Gasteiger partial charge is 0.282 e. The minimum absolute atomic E-state index is 0.0856. The molecule has 2 aliphatic rings. The highest BCUT2D eigenvalue weighted by Crippen LogP contribution is 2.40. The summed E-state index contributed by atoms with van der Waals surface area (Å²) in [7, 11) is 0. The molecule has 3 aromatic carbocycles. The van der Waals surface area contributed by atoms with Crippen LogP contribution in [0.5, 0.6) is 5.75 Å². The van der Waals surface area contributed by atoms with Gasteiger partial charge in [-0.3, -0.25) is 19.7 Å². The topological polar surface area (TPSA) is 93.0 Å². The average molecular weight is 455 g/mol. The van der Waals surface area contributed by atoms with Crippen molar-refractivity contribution < 1.29 is 19.2 Å². The van der Waals surface area contributed by atoms with E-state index in [9.17, 15) is 19.7 Å². The third-order valence-electron chi connectivity index (χ3n) is 5.99. The molecule has 2 heterocycles. The molecule has 0 fully saturated rings. The summed E-state index contributed by atoms with van der Waals surface area (Å²) in [5.41, 5.74) is 3.28. The van der Waals surface area contributed by atoms with Crippen LogP contribution in [0.1, 0.15) is 18.1 Å². The maximum absolute atomic E-state index is 13.7. The first-order valence-corrected chi connectivity index (χ1v) is 11.0. The van der Waals surface area contributed by atoms with Crippen LogP contribution in [0.25, 0.3) is 5.57 Å². The Kier molecular flexibility index (Phi) is 5.33. The number of non-ortho nitro benzene ring substituents is 1. The summed E-state index contributed by atoms with van der Waals surface area (Å²) in [5.74, 6) is -0.260. The fourth-order valence-corrected chi connectivity index (χ4v) is 4.44. The van der Waals surface area contributed by atoms with Crippen molar-refractivity contribution in [3.05, 3.63) is 99.7 Å². The van der Waals surface area contributed by atoms with E-state index in [1.54, 1.807) is 24.3 Å². The van der Waals surface area contributed by atoms with Crippen molar-refractivity contribution in [2.45, 2.75) is 13.3 Å². The second-order valence-electron chi connectivity index (χ2n) is 7.93. The molecule has 5 rings (SSSR count). The van der Waals surface area contributed by atoms with Gasteiger partial charge in [-0.25, -0.2) is 4.90 Å². The van der Waals surface area contributed by atoms with Gasteiger partial charge in [0, 0.05) is 24.4 Å². The van der Waals surface area contributed by atoms with E-state index >= 15 is 0 Å². The second kappa shape index (κ2) is 8.47. The Hall–Kier alpha value is -4.46. The maximum atomic E-state index is 13.7. The molecule has 34 heavy (non-hydrogen) atoms. The van der Waals surface area contributed by atoms with Crippen molar-refractivity contribution in [1.29, 1.82) is 0 Å². The average Bonchev–Trinajstić information content (AvgIpc) is 3.38. The van der Waals surface area contributed by atoms with E-state index in [-0.39, 0.29) is 17.0 Å². The van der Waals surface area contributed by atoms with Gasteiger partial charge in [-0.2, -0.15) is 0 Å². The highest BCUT2D eigenvalue weighted by atomic mass is 16.6. The van der Waals surface area contributed by atoms with E-state index in [4.69, 9.17) is 4.74 Å². The largest absolute Gasteiger partial charge is 0.494 e. The van der Waals surface area contributed by atoms with Gasteiger partial charge in [0.1, 0.15) is 11.4 Å². The van der Waals surface area contributed by atoms with Crippen LogP contribution in [-0.4, -0.2) is 29.9 Å². The number of hydrogen-bond donors (Lipinski definition) is 0. The summed E-state index contributed by atoms with van der Waals surface area (Å²) in [6.45, 7) is 2.94. The number of ether oxygens (including phenoxy) is 1. The van der Waals surface area contributed by atoms with E-state index in [0.29, 0.717) is 30.2 Å². The van der Waals surface area contributed by atoms with E-state index in [1.165, 1.54) is 24.3 Å². The molecule has 8 nitrogen and oxygen atoms in total. The number of hydrogen-bond acceptors (Lipinski definition) is 6. The number of nitrogens with zero attached hydrogens (tertiary/aromatic N) is 3. The molecule has 0 saturated carbocycles. The summed E-state index contributed by atoms with van der Waals surface area (Å²) < 4.78 is 5.48. The Labute approximate surface area is 195 Å². The van der Waals surface area contributed by atoms with Gasteiger partial charge in [0.05, 0.1) is 22.8 Å². The van der Waals surface area contributed by atoms with E-state index in [2.05, 4.69) is 0 Å². The Balaban J connectivity index is 1.62. The molecule has 0 atom stereocenters. The molecule has 170 valence electrons. The van der Waals surface area contributed by atoms with Crippen molar-refractivity contribution in [2.24, 2.45) is 0 Å². The first-order chi connectivity index (χ1) is 16.5. The number of rotatable bonds is 6. The monoisotopic (exact) mass is 455 g/mol. The van der Waals surface area contributed by atoms with Gasteiger partial charge in [-0.15, -0.1) is 0 Å². The zero-order chi connectivity index (χ0) is 23.8. The molecular formula is C26H21N3O5. The van der Waals surface area contributed by atoms with Gasteiger partial charge in [-0.05, 0) is 66.9 Å². The highest BCUT2D eigenvalue weighted by Gasteiger charge is 2.44. The van der Waals surface area contributed by atoms with Gasteiger partial charge in [0.15, 0.2) is 0 Å². The van der Waals surface area contributed by atoms with Gasteiger partial charge >= 0.3 is 0 Å². The van der Waals surface area contributed by atoms with Gasteiger partial charge < -0.3 is 9.64 Å². The van der Waals surface area contributed by atoms with Gasteiger partial charge in [0.2, 0.25) is 0 Å². The number of amides is 2. The predicted octanol–water partition coefficient (Wildman–Crippen LogP) is 4.34. The summed E-state index contributed by atoms with van der Waals surface area (Å²) >= 11 is 0. The SMILES string of the molecule is CCOc1ccc(N2C(=O)C(c3ccc([N+](=O)[O-])cc3)=C(N3CCc4ccccc43)C2=O)cc1. The van der Waals surface area contributed by atoms with Crippen molar-refractivity contribution in [3.63, 3.8) is 0 Å². The third kappa shape index (κ3) is 3.49.